The fourth-order valence-electron chi connectivity index (χ4n) is 3.84. The number of likely N-dealkylation sites (tertiary alicyclic amines) is 2. The number of carbonyl (C=O) groups excluding carboxylic acids is 1. The number of amides is 1. The molecule has 1 aromatic heterocycles. The Morgan fingerprint density at radius 1 is 1.20 bits per heavy atom. The van der Waals surface area contributed by atoms with E-state index in [1.54, 1.807) is 12.4 Å². The van der Waals surface area contributed by atoms with Gasteiger partial charge in [0.2, 0.25) is 0 Å². The van der Waals surface area contributed by atoms with Gasteiger partial charge in [0, 0.05) is 37.9 Å². The number of aryl methyl sites for hydroxylation is 1. The van der Waals surface area contributed by atoms with Crippen molar-refractivity contribution in [2.45, 2.75) is 45.7 Å². The molecule has 1 aromatic rings. The van der Waals surface area contributed by atoms with E-state index in [0.29, 0.717) is 23.7 Å². The van der Waals surface area contributed by atoms with Gasteiger partial charge in [0.25, 0.3) is 5.91 Å². The highest BCUT2D eigenvalue weighted by atomic mass is 16.2. The fourth-order valence-corrected chi connectivity index (χ4v) is 3.84. The maximum Gasteiger partial charge on any atom is 0.274 e. The van der Waals surface area contributed by atoms with Gasteiger partial charge in [0.05, 0.1) is 11.9 Å². The molecule has 3 rings (SSSR count). The molecule has 3 heterocycles. The molecule has 1 amide bonds. The van der Waals surface area contributed by atoms with E-state index in [9.17, 15) is 4.79 Å². The number of rotatable bonds is 5. The van der Waals surface area contributed by atoms with Gasteiger partial charge in [-0.15, -0.1) is 0 Å². The van der Waals surface area contributed by atoms with Crippen LogP contribution < -0.4 is 0 Å². The molecule has 0 atom stereocenters. The standard InChI is InChI=1S/C19H31N5O/c1-14(2)11-24(16-5-7-22(4)8-6-16)17-12-23(13-17)19(25)18-10-20-15(3)9-21-18/h9-10,14,16-17H,5-8,11-13H2,1-4H3. The summed E-state index contributed by atoms with van der Waals surface area (Å²) in [6.45, 7) is 11.5. The van der Waals surface area contributed by atoms with Crippen molar-refractivity contribution in [3.63, 3.8) is 0 Å². The highest BCUT2D eigenvalue weighted by Gasteiger charge is 2.39. The first-order chi connectivity index (χ1) is 11.9. The summed E-state index contributed by atoms with van der Waals surface area (Å²) in [6, 6.07) is 1.14. The van der Waals surface area contributed by atoms with Crippen molar-refractivity contribution in [3.05, 3.63) is 23.8 Å². The van der Waals surface area contributed by atoms with Gasteiger partial charge >= 0.3 is 0 Å². The summed E-state index contributed by atoms with van der Waals surface area (Å²) in [4.78, 5) is 28.0. The Hall–Kier alpha value is -1.53. The van der Waals surface area contributed by atoms with E-state index < -0.39 is 0 Å². The van der Waals surface area contributed by atoms with E-state index in [-0.39, 0.29) is 5.91 Å². The van der Waals surface area contributed by atoms with Crippen LogP contribution in [0.3, 0.4) is 0 Å². The minimum Gasteiger partial charge on any atom is -0.334 e. The lowest BCUT2D eigenvalue weighted by atomic mass is 9.96. The molecule has 0 aromatic carbocycles. The molecule has 0 aliphatic carbocycles. The third-order valence-electron chi connectivity index (χ3n) is 5.35. The molecular formula is C19H31N5O. The zero-order chi connectivity index (χ0) is 18.0. The molecule has 2 aliphatic rings. The normalized spacial score (nSPS) is 20.3. The molecule has 0 N–H and O–H groups in total. The molecule has 6 nitrogen and oxygen atoms in total. The van der Waals surface area contributed by atoms with Crippen LogP contribution in [0.25, 0.3) is 0 Å². The molecule has 2 fully saturated rings. The lowest BCUT2D eigenvalue weighted by Gasteiger charge is -2.50. The van der Waals surface area contributed by atoms with Gasteiger partial charge in [-0.25, -0.2) is 4.98 Å². The van der Waals surface area contributed by atoms with E-state index in [2.05, 4.69) is 40.7 Å². The second kappa shape index (κ2) is 7.79. The van der Waals surface area contributed by atoms with E-state index in [1.165, 1.54) is 25.9 Å². The Morgan fingerprint density at radius 3 is 2.44 bits per heavy atom. The molecule has 25 heavy (non-hydrogen) atoms. The van der Waals surface area contributed by atoms with Crippen molar-refractivity contribution in [2.75, 3.05) is 39.8 Å². The molecule has 2 saturated heterocycles. The zero-order valence-electron chi connectivity index (χ0n) is 16.0. The van der Waals surface area contributed by atoms with Crippen molar-refractivity contribution in [1.82, 2.24) is 24.7 Å². The summed E-state index contributed by atoms with van der Waals surface area (Å²) in [5, 5.41) is 0. The van der Waals surface area contributed by atoms with Crippen LogP contribution in [0.5, 0.6) is 0 Å². The summed E-state index contributed by atoms with van der Waals surface area (Å²) in [6.07, 6.45) is 5.72. The van der Waals surface area contributed by atoms with E-state index in [4.69, 9.17) is 0 Å². The summed E-state index contributed by atoms with van der Waals surface area (Å²) in [5.74, 6) is 0.656. The Bertz CT molecular complexity index is 574. The van der Waals surface area contributed by atoms with E-state index >= 15 is 0 Å². The van der Waals surface area contributed by atoms with Crippen LogP contribution in [0.4, 0.5) is 0 Å². The number of carbonyl (C=O) groups is 1. The highest BCUT2D eigenvalue weighted by molar-refractivity contribution is 5.92. The van der Waals surface area contributed by atoms with Crippen molar-refractivity contribution in [3.8, 4) is 0 Å². The molecule has 0 bridgehead atoms. The van der Waals surface area contributed by atoms with Crippen molar-refractivity contribution in [1.29, 1.82) is 0 Å². The monoisotopic (exact) mass is 345 g/mol. The Labute approximate surface area is 151 Å². The number of aromatic nitrogens is 2. The minimum absolute atomic E-state index is 0.0108. The molecule has 0 spiro atoms. The predicted molar refractivity (Wildman–Crippen MR) is 98.5 cm³/mol. The second-order valence-electron chi connectivity index (χ2n) is 8.03. The van der Waals surface area contributed by atoms with Crippen LogP contribution >= 0.6 is 0 Å². The van der Waals surface area contributed by atoms with Crippen LogP contribution in [-0.2, 0) is 0 Å². The SMILES string of the molecule is Cc1cnc(C(=O)N2CC(N(CC(C)C)C3CCN(C)CC3)C2)cn1. The number of hydrogen-bond donors (Lipinski definition) is 0. The maximum atomic E-state index is 12.5. The highest BCUT2D eigenvalue weighted by Crippen LogP contribution is 2.25. The van der Waals surface area contributed by atoms with E-state index in [1.807, 2.05) is 11.8 Å². The largest absolute Gasteiger partial charge is 0.334 e. The topological polar surface area (TPSA) is 52.6 Å². The molecule has 6 heteroatoms. The average molecular weight is 345 g/mol. The van der Waals surface area contributed by atoms with Gasteiger partial charge in [-0.3, -0.25) is 14.7 Å². The van der Waals surface area contributed by atoms with Crippen LogP contribution in [-0.4, -0.2) is 82.4 Å². The van der Waals surface area contributed by atoms with Crippen molar-refractivity contribution < 1.29 is 4.79 Å². The molecule has 138 valence electrons. The lowest BCUT2D eigenvalue weighted by molar-refractivity contribution is -0.00827. The van der Waals surface area contributed by atoms with Crippen LogP contribution in [0.1, 0.15) is 42.9 Å². The summed E-state index contributed by atoms with van der Waals surface area (Å²) < 4.78 is 0. The minimum atomic E-state index is 0.0108. The zero-order valence-corrected chi connectivity index (χ0v) is 16.0. The Balaban J connectivity index is 1.59. The second-order valence-corrected chi connectivity index (χ2v) is 8.03. The number of nitrogens with zero attached hydrogens (tertiary/aromatic N) is 5. The van der Waals surface area contributed by atoms with Gasteiger partial charge in [-0.2, -0.15) is 0 Å². The van der Waals surface area contributed by atoms with Crippen molar-refractivity contribution in [2.24, 2.45) is 5.92 Å². The third kappa shape index (κ3) is 4.36. The summed E-state index contributed by atoms with van der Waals surface area (Å²) >= 11 is 0. The Kier molecular flexibility index (Phi) is 5.69. The Morgan fingerprint density at radius 2 is 1.88 bits per heavy atom. The van der Waals surface area contributed by atoms with Gasteiger partial charge in [-0.05, 0) is 45.8 Å². The van der Waals surface area contributed by atoms with Gasteiger partial charge in [0.15, 0.2) is 0 Å². The molecule has 0 radical (unpaired) electrons. The van der Waals surface area contributed by atoms with Crippen LogP contribution in [0.15, 0.2) is 12.4 Å². The first-order valence-electron chi connectivity index (χ1n) is 9.46. The predicted octanol–water partition coefficient (Wildman–Crippen LogP) is 1.66. The van der Waals surface area contributed by atoms with Crippen LogP contribution in [0.2, 0.25) is 0 Å². The molecule has 0 saturated carbocycles. The summed E-state index contributed by atoms with van der Waals surface area (Å²) in [5.41, 5.74) is 1.29. The number of hydrogen-bond acceptors (Lipinski definition) is 5. The molecule has 2 aliphatic heterocycles. The quantitative estimate of drug-likeness (QED) is 0.812. The molecular weight excluding hydrogens is 314 g/mol. The maximum absolute atomic E-state index is 12.5. The average Bonchev–Trinajstić information content (AvgIpc) is 2.53. The van der Waals surface area contributed by atoms with E-state index in [0.717, 1.165) is 25.3 Å². The van der Waals surface area contributed by atoms with Gasteiger partial charge in [-0.1, -0.05) is 13.8 Å². The van der Waals surface area contributed by atoms with Crippen LogP contribution in [0, 0.1) is 12.8 Å². The van der Waals surface area contributed by atoms with Gasteiger partial charge < -0.3 is 9.80 Å². The lowest BCUT2D eigenvalue weighted by Crippen LogP contribution is -2.64. The molecule has 0 unspecified atom stereocenters. The smallest absolute Gasteiger partial charge is 0.274 e. The number of piperidine rings is 1. The van der Waals surface area contributed by atoms with Crippen molar-refractivity contribution >= 4 is 5.91 Å². The first kappa shape index (κ1) is 18.3. The van der Waals surface area contributed by atoms with Gasteiger partial charge in [0.1, 0.15) is 5.69 Å². The fraction of sp³-hybridized carbons (Fsp3) is 0.737. The summed E-state index contributed by atoms with van der Waals surface area (Å²) in [7, 11) is 2.20. The third-order valence-corrected chi connectivity index (χ3v) is 5.35. The first-order valence-corrected chi connectivity index (χ1v) is 9.46.